The van der Waals surface area contributed by atoms with E-state index >= 15 is 0 Å². The molecule has 2 amide bonds. The predicted molar refractivity (Wildman–Crippen MR) is 104 cm³/mol. The van der Waals surface area contributed by atoms with Crippen molar-refractivity contribution in [3.63, 3.8) is 0 Å². The van der Waals surface area contributed by atoms with Gasteiger partial charge in [-0.25, -0.2) is 8.42 Å². The minimum absolute atomic E-state index is 0.0996. The van der Waals surface area contributed by atoms with Crippen molar-refractivity contribution in [2.45, 2.75) is 19.3 Å². The van der Waals surface area contributed by atoms with Crippen LogP contribution in [-0.2, 0) is 19.6 Å². The van der Waals surface area contributed by atoms with Gasteiger partial charge in [0.25, 0.3) is 0 Å². The molecule has 10 heteroatoms. The summed E-state index contributed by atoms with van der Waals surface area (Å²) in [6.07, 6.45) is 2.12. The minimum Gasteiger partial charge on any atom is -0.494 e. The average molecular weight is 398 g/mol. The molecule has 1 aromatic rings. The van der Waals surface area contributed by atoms with E-state index in [4.69, 9.17) is 4.74 Å². The predicted octanol–water partition coefficient (Wildman–Crippen LogP) is 0.289. The number of hydrogen-bond donors (Lipinski definition) is 3. The monoisotopic (exact) mass is 398 g/mol. The van der Waals surface area contributed by atoms with Crippen LogP contribution in [-0.4, -0.2) is 59.8 Å². The molecule has 0 aromatic heterocycles. The summed E-state index contributed by atoms with van der Waals surface area (Å²) in [5, 5.41) is 7.97. The van der Waals surface area contributed by atoms with Crippen LogP contribution >= 0.6 is 0 Å². The van der Waals surface area contributed by atoms with Crippen LogP contribution in [0.25, 0.3) is 0 Å². The standard InChI is InChI=1S/C17H26N4O5S/c1-18-8-5-9-19-16(22)17(23)20-13-6-7-14(15(12-13)26-2)21-10-3-4-11-27(21,24)25/h6-7,12,18H,3-5,8-11H2,1-2H3,(H,19,22)(H,20,23). The van der Waals surface area contributed by atoms with Gasteiger partial charge in [0.1, 0.15) is 5.75 Å². The Balaban J connectivity index is 2.07. The molecule has 0 spiro atoms. The van der Waals surface area contributed by atoms with Gasteiger partial charge in [0, 0.05) is 24.8 Å². The van der Waals surface area contributed by atoms with Gasteiger partial charge >= 0.3 is 11.8 Å². The lowest BCUT2D eigenvalue weighted by atomic mass is 10.2. The highest BCUT2D eigenvalue weighted by molar-refractivity contribution is 7.92. The molecule has 150 valence electrons. The van der Waals surface area contributed by atoms with Gasteiger partial charge in [-0.3, -0.25) is 13.9 Å². The summed E-state index contributed by atoms with van der Waals surface area (Å²) in [6, 6.07) is 4.63. The summed E-state index contributed by atoms with van der Waals surface area (Å²) < 4.78 is 31.2. The molecule has 1 aliphatic heterocycles. The van der Waals surface area contributed by atoms with E-state index in [9.17, 15) is 18.0 Å². The largest absolute Gasteiger partial charge is 0.494 e. The Hall–Kier alpha value is -2.33. The number of amides is 2. The second-order valence-electron chi connectivity index (χ2n) is 6.15. The van der Waals surface area contributed by atoms with Crippen LogP contribution in [0.2, 0.25) is 0 Å². The van der Waals surface area contributed by atoms with E-state index in [1.807, 2.05) is 0 Å². The number of rotatable bonds is 7. The topological polar surface area (TPSA) is 117 Å². The molecule has 0 unspecified atom stereocenters. The summed E-state index contributed by atoms with van der Waals surface area (Å²) in [4.78, 5) is 23.8. The maximum Gasteiger partial charge on any atom is 0.313 e. The zero-order chi connectivity index (χ0) is 19.9. The highest BCUT2D eigenvalue weighted by atomic mass is 32.2. The van der Waals surface area contributed by atoms with Gasteiger partial charge in [-0.2, -0.15) is 0 Å². The third kappa shape index (κ3) is 5.57. The lowest BCUT2D eigenvalue weighted by molar-refractivity contribution is -0.136. The fourth-order valence-corrected chi connectivity index (χ4v) is 4.40. The van der Waals surface area contributed by atoms with Crippen LogP contribution < -0.4 is 25.0 Å². The second kappa shape index (κ2) is 9.56. The normalized spacial score (nSPS) is 15.9. The second-order valence-corrected chi connectivity index (χ2v) is 8.16. The molecule has 1 saturated heterocycles. The van der Waals surface area contributed by atoms with Crippen molar-refractivity contribution in [3.8, 4) is 5.75 Å². The first kappa shape index (κ1) is 21.0. The molecule has 1 heterocycles. The lowest BCUT2D eigenvalue weighted by Gasteiger charge is -2.29. The Morgan fingerprint density at radius 1 is 1.19 bits per heavy atom. The molecule has 1 aliphatic rings. The Kier molecular flexibility index (Phi) is 7.43. The third-order valence-electron chi connectivity index (χ3n) is 4.15. The first-order valence-electron chi connectivity index (χ1n) is 8.81. The van der Waals surface area contributed by atoms with E-state index in [0.29, 0.717) is 43.1 Å². The van der Waals surface area contributed by atoms with Crippen LogP contribution in [0.4, 0.5) is 11.4 Å². The van der Waals surface area contributed by atoms with Gasteiger partial charge in [0.15, 0.2) is 0 Å². The van der Waals surface area contributed by atoms with Crippen molar-refractivity contribution in [3.05, 3.63) is 18.2 Å². The molecule has 2 rings (SSSR count). The number of hydrogen-bond acceptors (Lipinski definition) is 6. The quantitative estimate of drug-likeness (QED) is 0.449. The molecule has 0 saturated carbocycles. The fourth-order valence-electron chi connectivity index (χ4n) is 2.76. The molecule has 27 heavy (non-hydrogen) atoms. The number of ether oxygens (including phenoxy) is 1. The highest BCUT2D eigenvalue weighted by Crippen LogP contribution is 2.34. The SMILES string of the molecule is CNCCCNC(=O)C(=O)Nc1ccc(N2CCCCS2(=O)=O)c(OC)c1. The molecule has 9 nitrogen and oxygen atoms in total. The Morgan fingerprint density at radius 3 is 2.63 bits per heavy atom. The van der Waals surface area contributed by atoms with Crippen LogP contribution in [0, 0.1) is 0 Å². The van der Waals surface area contributed by atoms with Gasteiger partial charge in [-0.15, -0.1) is 0 Å². The van der Waals surface area contributed by atoms with Crippen LogP contribution in [0.15, 0.2) is 18.2 Å². The minimum atomic E-state index is -3.38. The molecule has 1 fully saturated rings. The van der Waals surface area contributed by atoms with Gasteiger partial charge in [0.05, 0.1) is 18.6 Å². The van der Waals surface area contributed by atoms with Gasteiger partial charge < -0.3 is 20.7 Å². The van der Waals surface area contributed by atoms with Crippen LogP contribution in [0.1, 0.15) is 19.3 Å². The van der Waals surface area contributed by atoms with Crippen molar-refractivity contribution in [1.29, 1.82) is 0 Å². The number of benzene rings is 1. The number of nitrogens with zero attached hydrogens (tertiary/aromatic N) is 1. The smallest absolute Gasteiger partial charge is 0.313 e. The number of methoxy groups -OCH3 is 1. The van der Waals surface area contributed by atoms with Crippen molar-refractivity contribution >= 4 is 33.2 Å². The van der Waals surface area contributed by atoms with E-state index < -0.39 is 21.8 Å². The first-order valence-corrected chi connectivity index (χ1v) is 10.4. The zero-order valence-electron chi connectivity index (χ0n) is 15.6. The zero-order valence-corrected chi connectivity index (χ0v) is 16.4. The van der Waals surface area contributed by atoms with Crippen molar-refractivity contribution in [2.24, 2.45) is 0 Å². The van der Waals surface area contributed by atoms with Gasteiger partial charge in [-0.1, -0.05) is 0 Å². The molecular formula is C17H26N4O5S. The van der Waals surface area contributed by atoms with E-state index in [0.717, 1.165) is 13.0 Å². The summed E-state index contributed by atoms with van der Waals surface area (Å²) in [5.41, 5.74) is 0.770. The summed E-state index contributed by atoms with van der Waals surface area (Å²) >= 11 is 0. The van der Waals surface area contributed by atoms with Crippen LogP contribution in [0.5, 0.6) is 5.75 Å². The van der Waals surface area contributed by atoms with E-state index in [1.54, 1.807) is 19.2 Å². The Labute approximate surface area is 159 Å². The average Bonchev–Trinajstić information content (AvgIpc) is 2.65. The number of sulfonamides is 1. The van der Waals surface area contributed by atoms with E-state index in [2.05, 4.69) is 16.0 Å². The number of carbonyl (C=O) groups excluding carboxylic acids is 2. The van der Waals surface area contributed by atoms with E-state index in [-0.39, 0.29) is 5.75 Å². The molecule has 3 N–H and O–H groups in total. The summed E-state index contributed by atoms with van der Waals surface area (Å²) in [6.45, 7) is 1.52. The summed E-state index contributed by atoms with van der Waals surface area (Å²) in [7, 11) is -0.145. The molecular weight excluding hydrogens is 372 g/mol. The molecule has 0 aliphatic carbocycles. The van der Waals surface area contributed by atoms with Gasteiger partial charge in [0.2, 0.25) is 10.0 Å². The number of nitrogens with one attached hydrogen (secondary N) is 3. The number of carbonyl (C=O) groups is 2. The summed E-state index contributed by atoms with van der Waals surface area (Å²) in [5.74, 6) is -1.11. The van der Waals surface area contributed by atoms with Crippen molar-refractivity contribution in [2.75, 3.05) is 49.2 Å². The Bertz CT molecular complexity index is 782. The van der Waals surface area contributed by atoms with E-state index in [1.165, 1.54) is 17.5 Å². The van der Waals surface area contributed by atoms with Crippen LogP contribution in [0.3, 0.4) is 0 Å². The lowest BCUT2D eigenvalue weighted by Crippen LogP contribution is -2.38. The fraction of sp³-hybridized carbons (Fsp3) is 0.529. The maximum atomic E-state index is 12.3. The molecule has 0 bridgehead atoms. The molecule has 1 aromatic carbocycles. The maximum absolute atomic E-state index is 12.3. The number of anilines is 2. The third-order valence-corrected chi connectivity index (χ3v) is 6.01. The Morgan fingerprint density at radius 2 is 1.96 bits per heavy atom. The van der Waals surface area contributed by atoms with Crippen molar-refractivity contribution < 1.29 is 22.7 Å². The van der Waals surface area contributed by atoms with Crippen molar-refractivity contribution in [1.82, 2.24) is 10.6 Å². The highest BCUT2D eigenvalue weighted by Gasteiger charge is 2.28. The molecule has 0 atom stereocenters. The molecule has 0 radical (unpaired) electrons. The first-order chi connectivity index (χ1) is 12.9. The van der Waals surface area contributed by atoms with Gasteiger partial charge in [-0.05, 0) is 45.0 Å².